The molecule has 2 aromatic rings. The monoisotopic (exact) mass is 246 g/mol. The van der Waals surface area contributed by atoms with Gasteiger partial charge in [-0.05, 0) is 31.2 Å². The van der Waals surface area contributed by atoms with Crippen molar-refractivity contribution in [3.63, 3.8) is 0 Å². The van der Waals surface area contributed by atoms with Crippen LogP contribution >= 0.6 is 0 Å². The third kappa shape index (κ3) is 2.20. The number of benzene rings is 1. The highest BCUT2D eigenvalue weighted by molar-refractivity contribution is 5.89. The van der Waals surface area contributed by atoms with Gasteiger partial charge in [0.1, 0.15) is 11.6 Å². The van der Waals surface area contributed by atoms with Crippen molar-refractivity contribution in [2.45, 2.75) is 6.92 Å². The van der Waals surface area contributed by atoms with Crippen LogP contribution in [-0.2, 0) is 4.74 Å². The molecule has 0 aliphatic carbocycles. The van der Waals surface area contributed by atoms with Gasteiger partial charge >= 0.3 is 5.97 Å². The van der Waals surface area contributed by atoms with Gasteiger partial charge in [0, 0.05) is 11.3 Å². The van der Waals surface area contributed by atoms with Crippen molar-refractivity contribution in [1.82, 2.24) is 9.97 Å². The Morgan fingerprint density at radius 3 is 2.44 bits per heavy atom. The molecule has 94 valence electrons. The summed E-state index contributed by atoms with van der Waals surface area (Å²) in [5.74, 6) is 0.967. The second-order valence-electron chi connectivity index (χ2n) is 3.78. The fourth-order valence-corrected chi connectivity index (χ4v) is 1.64. The van der Waals surface area contributed by atoms with E-state index in [-0.39, 0.29) is 0 Å². The molecule has 2 rings (SSSR count). The summed E-state index contributed by atoms with van der Waals surface area (Å²) in [5, 5.41) is 0. The maximum atomic E-state index is 11.5. The van der Waals surface area contributed by atoms with Crippen LogP contribution in [0.1, 0.15) is 16.2 Å². The lowest BCUT2D eigenvalue weighted by atomic mass is 10.2. The van der Waals surface area contributed by atoms with Gasteiger partial charge in [0.2, 0.25) is 0 Å². The van der Waals surface area contributed by atoms with E-state index in [0.29, 0.717) is 17.2 Å². The molecule has 0 radical (unpaired) electrons. The van der Waals surface area contributed by atoms with Gasteiger partial charge in [-0.15, -0.1) is 0 Å². The van der Waals surface area contributed by atoms with Crippen LogP contribution in [0, 0.1) is 6.92 Å². The number of aromatic amines is 1. The Morgan fingerprint density at radius 2 is 1.89 bits per heavy atom. The fourth-order valence-electron chi connectivity index (χ4n) is 1.64. The van der Waals surface area contributed by atoms with Crippen LogP contribution in [0.4, 0.5) is 0 Å². The number of hydrogen-bond donors (Lipinski definition) is 1. The Balaban J connectivity index is 2.36. The van der Waals surface area contributed by atoms with E-state index in [1.807, 2.05) is 24.3 Å². The summed E-state index contributed by atoms with van der Waals surface area (Å²) in [4.78, 5) is 18.8. The van der Waals surface area contributed by atoms with Gasteiger partial charge in [0.15, 0.2) is 5.69 Å². The smallest absolute Gasteiger partial charge is 0.358 e. The normalized spacial score (nSPS) is 10.2. The Labute approximate surface area is 105 Å². The zero-order chi connectivity index (χ0) is 13.1. The number of carbonyl (C=O) groups excluding carboxylic acids is 1. The van der Waals surface area contributed by atoms with Crippen LogP contribution in [0.5, 0.6) is 5.75 Å². The largest absolute Gasteiger partial charge is 0.497 e. The number of esters is 1. The number of aromatic nitrogens is 2. The summed E-state index contributed by atoms with van der Waals surface area (Å²) in [6, 6.07) is 7.42. The van der Waals surface area contributed by atoms with Crippen molar-refractivity contribution >= 4 is 5.97 Å². The molecule has 0 aliphatic heterocycles. The number of nitrogens with one attached hydrogen (secondary N) is 1. The van der Waals surface area contributed by atoms with Crippen molar-refractivity contribution < 1.29 is 14.3 Å². The van der Waals surface area contributed by atoms with Gasteiger partial charge in [-0.25, -0.2) is 9.78 Å². The van der Waals surface area contributed by atoms with Crippen molar-refractivity contribution in [2.75, 3.05) is 14.2 Å². The molecule has 0 spiro atoms. The van der Waals surface area contributed by atoms with Gasteiger partial charge in [-0.2, -0.15) is 0 Å². The molecule has 1 aromatic carbocycles. The Bertz CT molecular complexity index is 558. The average molecular weight is 246 g/mol. The molecule has 18 heavy (non-hydrogen) atoms. The molecule has 1 aromatic heterocycles. The zero-order valence-electron chi connectivity index (χ0n) is 10.5. The first-order valence-electron chi connectivity index (χ1n) is 5.45. The summed E-state index contributed by atoms with van der Waals surface area (Å²) in [6.07, 6.45) is 0. The van der Waals surface area contributed by atoms with Crippen LogP contribution in [0.3, 0.4) is 0 Å². The molecule has 0 unspecified atom stereocenters. The average Bonchev–Trinajstić information content (AvgIpc) is 2.80. The third-order valence-electron chi connectivity index (χ3n) is 2.63. The maximum absolute atomic E-state index is 11.5. The molecule has 0 atom stereocenters. The van der Waals surface area contributed by atoms with Gasteiger partial charge < -0.3 is 14.5 Å². The van der Waals surface area contributed by atoms with Gasteiger partial charge in [0.25, 0.3) is 0 Å². The lowest BCUT2D eigenvalue weighted by Crippen LogP contribution is -2.03. The van der Waals surface area contributed by atoms with E-state index in [0.717, 1.165) is 11.3 Å². The number of hydrogen-bond acceptors (Lipinski definition) is 4. The summed E-state index contributed by atoms with van der Waals surface area (Å²) >= 11 is 0. The number of imidazole rings is 1. The van der Waals surface area contributed by atoms with Crippen molar-refractivity contribution in [1.29, 1.82) is 0 Å². The molecule has 0 fully saturated rings. The highest BCUT2D eigenvalue weighted by atomic mass is 16.5. The zero-order valence-corrected chi connectivity index (χ0v) is 10.5. The number of aryl methyl sites for hydroxylation is 1. The van der Waals surface area contributed by atoms with E-state index in [9.17, 15) is 4.79 Å². The first kappa shape index (κ1) is 12.2. The van der Waals surface area contributed by atoms with Crippen LogP contribution in [-0.4, -0.2) is 30.2 Å². The minimum absolute atomic E-state index is 0.309. The molecule has 0 bridgehead atoms. The first-order valence-corrected chi connectivity index (χ1v) is 5.45. The predicted molar refractivity (Wildman–Crippen MR) is 66.7 cm³/mol. The minimum atomic E-state index is -0.441. The molecule has 1 heterocycles. The molecular weight excluding hydrogens is 232 g/mol. The van der Waals surface area contributed by atoms with Crippen molar-refractivity contribution in [3.8, 4) is 17.1 Å². The molecule has 5 heteroatoms. The summed E-state index contributed by atoms with van der Waals surface area (Å²) in [5.41, 5.74) is 1.88. The summed E-state index contributed by atoms with van der Waals surface area (Å²) in [7, 11) is 2.95. The summed E-state index contributed by atoms with van der Waals surface area (Å²) in [6.45, 7) is 1.78. The highest BCUT2D eigenvalue weighted by Crippen LogP contribution is 2.21. The standard InChI is InChI=1S/C13H14N2O3/c1-8-11(13(16)18-3)15-12(14-8)9-4-6-10(17-2)7-5-9/h4-7H,1-3H3,(H,14,15). The van der Waals surface area contributed by atoms with Crippen LogP contribution < -0.4 is 4.74 Å². The van der Waals surface area contributed by atoms with Crippen molar-refractivity contribution in [3.05, 3.63) is 35.7 Å². The lowest BCUT2D eigenvalue weighted by molar-refractivity contribution is 0.0594. The molecule has 0 saturated heterocycles. The quantitative estimate of drug-likeness (QED) is 0.843. The minimum Gasteiger partial charge on any atom is -0.497 e. The van der Waals surface area contributed by atoms with Crippen LogP contribution in [0.2, 0.25) is 0 Å². The SMILES string of the molecule is COC(=O)c1nc(-c2ccc(OC)cc2)[nH]c1C. The molecule has 1 N–H and O–H groups in total. The van der Waals surface area contributed by atoms with E-state index >= 15 is 0 Å². The third-order valence-corrected chi connectivity index (χ3v) is 2.63. The van der Waals surface area contributed by atoms with E-state index in [4.69, 9.17) is 4.74 Å². The van der Waals surface area contributed by atoms with Gasteiger partial charge in [-0.3, -0.25) is 0 Å². The summed E-state index contributed by atoms with van der Waals surface area (Å²) < 4.78 is 9.75. The number of H-pyrrole nitrogens is 1. The van der Waals surface area contributed by atoms with Gasteiger partial charge in [-0.1, -0.05) is 0 Å². The van der Waals surface area contributed by atoms with Gasteiger partial charge in [0.05, 0.1) is 14.2 Å². The molecule has 0 saturated carbocycles. The number of carbonyl (C=O) groups is 1. The maximum Gasteiger partial charge on any atom is 0.358 e. The van der Waals surface area contributed by atoms with E-state index in [1.165, 1.54) is 7.11 Å². The van der Waals surface area contributed by atoms with Crippen LogP contribution in [0.15, 0.2) is 24.3 Å². The topological polar surface area (TPSA) is 64.2 Å². The molecule has 0 amide bonds. The second kappa shape index (κ2) is 4.91. The molecular formula is C13H14N2O3. The molecule has 0 aliphatic rings. The predicted octanol–water partition coefficient (Wildman–Crippen LogP) is 2.18. The Hall–Kier alpha value is -2.30. The Kier molecular flexibility index (Phi) is 3.32. The lowest BCUT2D eigenvalue weighted by Gasteiger charge is -2.00. The number of methoxy groups -OCH3 is 2. The van der Waals surface area contributed by atoms with E-state index in [2.05, 4.69) is 14.7 Å². The van der Waals surface area contributed by atoms with Crippen LogP contribution in [0.25, 0.3) is 11.4 Å². The number of rotatable bonds is 3. The van der Waals surface area contributed by atoms with E-state index in [1.54, 1.807) is 14.0 Å². The number of nitrogens with zero attached hydrogens (tertiary/aromatic N) is 1. The second-order valence-corrected chi connectivity index (χ2v) is 3.78. The molecule has 5 nitrogen and oxygen atoms in total. The number of ether oxygens (including phenoxy) is 2. The Morgan fingerprint density at radius 1 is 1.22 bits per heavy atom. The fraction of sp³-hybridized carbons (Fsp3) is 0.231. The first-order chi connectivity index (χ1) is 8.65. The highest BCUT2D eigenvalue weighted by Gasteiger charge is 2.15. The van der Waals surface area contributed by atoms with Crippen molar-refractivity contribution in [2.24, 2.45) is 0 Å². The van der Waals surface area contributed by atoms with E-state index < -0.39 is 5.97 Å².